The van der Waals surface area contributed by atoms with E-state index >= 15 is 0 Å². The number of hydrogen-bond donors (Lipinski definition) is 1. The van der Waals surface area contributed by atoms with Crippen LogP contribution in [0.1, 0.15) is 27.7 Å². The molecule has 0 unspecified atom stereocenters. The van der Waals surface area contributed by atoms with Gasteiger partial charge in [-0.15, -0.1) is 0 Å². The summed E-state index contributed by atoms with van der Waals surface area (Å²) in [4.78, 5) is 14.5. The highest BCUT2D eigenvalue weighted by Crippen LogP contribution is 2.19. The van der Waals surface area contributed by atoms with Crippen molar-refractivity contribution in [2.45, 2.75) is 50.8 Å². The second kappa shape index (κ2) is 8.47. The van der Waals surface area contributed by atoms with Crippen LogP contribution in [0.5, 0.6) is 0 Å². The van der Waals surface area contributed by atoms with E-state index in [9.17, 15) is 13.2 Å². The Hall–Kier alpha value is -1.48. The molecule has 1 N–H and O–H groups in total. The van der Waals surface area contributed by atoms with E-state index in [1.807, 2.05) is 27.7 Å². The Morgan fingerprint density at radius 1 is 1.23 bits per heavy atom. The first-order chi connectivity index (χ1) is 12.1. The Kier molecular flexibility index (Phi) is 6.79. The maximum atomic E-state index is 12.5. The second-order valence-electron chi connectivity index (χ2n) is 7.14. The molecule has 0 bridgehead atoms. The molecule has 0 radical (unpaired) electrons. The summed E-state index contributed by atoms with van der Waals surface area (Å²) < 4.78 is 31.9. The van der Waals surface area contributed by atoms with E-state index in [1.54, 1.807) is 19.2 Å². The highest BCUT2D eigenvalue weighted by atomic mass is 32.2. The standard InChI is InChI=1S/C18H29N3O4S/c1-13(2)20(5)26(23,24)17-8-6-16(7-9-17)19-18(22)12-21-10-14(3)25-15(4)11-21/h6-9,13-15H,10-12H2,1-5H3,(H,19,22)/t14-,15-/m1/s1. The lowest BCUT2D eigenvalue weighted by Gasteiger charge is -2.34. The lowest BCUT2D eigenvalue weighted by molar-refractivity contribution is -0.121. The van der Waals surface area contributed by atoms with Crippen LogP contribution >= 0.6 is 0 Å². The number of morpholine rings is 1. The van der Waals surface area contributed by atoms with Gasteiger partial charge in [0.05, 0.1) is 23.6 Å². The van der Waals surface area contributed by atoms with Gasteiger partial charge >= 0.3 is 0 Å². The van der Waals surface area contributed by atoms with Gasteiger partial charge in [0.2, 0.25) is 15.9 Å². The average molecular weight is 384 g/mol. The van der Waals surface area contributed by atoms with Gasteiger partial charge in [0.15, 0.2) is 0 Å². The van der Waals surface area contributed by atoms with Gasteiger partial charge < -0.3 is 10.1 Å². The van der Waals surface area contributed by atoms with Crippen LogP contribution in [0.15, 0.2) is 29.2 Å². The third-order valence-corrected chi connectivity index (χ3v) is 6.45. The minimum absolute atomic E-state index is 0.106. The van der Waals surface area contributed by atoms with E-state index in [4.69, 9.17) is 4.74 Å². The number of ether oxygens (including phenoxy) is 1. The van der Waals surface area contributed by atoms with Crippen molar-refractivity contribution in [3.63, 3.8) is 0 Å². The molecule has 0 spiro atoms. The fraction of sp³-hybridized carbons (Fsp3) is 0.611. The van der Waals surface area contributed by atoms with Crippen LogP contribution in [0.25, 0.3) is 0 Å². The predicted octanol–water partition coefficient (Wildman–Crippen LogP) is 1.76. The fourth-order valence-electron chi connectivity index (χ4n) is 2.97. The molecular weight excluding hydrogens is 354 g/mol. The molecule has 1 saturated heterocycles. The summed E-state index contributed by atoms with van der Waals surface area (Å²) in [5.74, 6) is -0.124. The van der Waals surface area contributed by atoms with Crippen molar-refractivity contribution in [1.29, 1.82) is 0 Å². The SMILES string of the molecule is CC(C)N(C)S(=O)(=O)c1ccc(NC(=O)CN2C[C@@H](C)O[C@H](C)C2)cc1. The van der Waals surface area contributed by atoms with Gasteiger partial charge in [-0.3, -0.25) is 9.69 Å². The summed E-state index contributed by atoms with van der Waals surface area (Å²) in [6.45, 7) is 9.35. The lowest BCUT2D eigenvalue weighted by Crippen LogP contribution is -2.48. The molecule has 0 saturated carbocycles. The number of anilines is 1. The molecule has 1 aliphatic rings. The van der Waals surface area contributed by atoms with E-state index in [-0.39, 0.29) is 35.6 Å². The van der Waals surface area contributed by atoms with Crippen molar-refractivity contribution in [3.05, 3.63) is 24.3 Å². The molecule has 1 fully saturated rings. The third-order valence-electron chi connectivity index (χ3n) is 4.40. The first kappa shape index (κ1) is 20.8. The lowest BCUT2D eigenvalue weighted by atomic mass is 10.2. The number of amides is 1. The van der Waals surface area contributed by atoms with Crippen LogP contribution in [0.3, 0.4) is 0 Å². The van der Waals surface area contributed by atoms with Crippen LogP contribution in [-0.2, 0) is 19.6 Å². The highest BCUT2D eigenvalue weighted by molar-refractivity contribution is 7.89. The predicted molar refractivity (Wildman–Crippen MR) is 102 cm³/mol. The molecule has 8 heteroatoms. The average Bonchev–Trinajstić information content (AvgIpc) is 2.53. The van der Waals surface area contributed by atoms with Gasteiger partial charge in [-0.25, -0.2) is 8.42 Å². The zero-order valence-corrected chi connectivity index (χ0v) is 16.9. The number of sulfonamides is 1. The molecule has 0 aromatic heterocycles. The first-order valence-corrected chi connectivity index (χ1v) is 10.3. The van der Waals surface area contributed by atoms with Crippen molar-refractivity contribution >= 4 is 21.6 Å². The number of hydrogen-bond acceptors (Lipinski definition) is 5. The third kappa shape index (κ3) is 5.26. The maximum absolute atomic E-state index is 12.5. The van der Waals surface area contributed by atoms with E-state index < -0.39 is 10.0 Å². The van der Waals surface area contributed by atoms with Crippen molar-refractivity contribution in [2.24, 2.45) is 0 Å². The molecule has 1 aromatic rings. The molecule has 2 atom stereocenters. The van der Waals surface area contributed by atoms with E-state index in [2.05, 4.69) is 10.2 Å². The molecule has 1 aliphatic heterocycles. The largest absolute Gasteiger partial charge is 0.373 e. The number of carbonyl (C=O) groups is 1. The maximum Gasteiger partial charge on any atom is 0.243 e. The molecule has 2 rings (SSSR count). The van der Waals surface area contributed by atoms with Crippen molar-refractivity contribution in [3.8, 4) is 0 Å². The normalized spacial score (nSPS) is 22.0. The van der Waals surface area contributed by atoms with Gasteiger partial charge in [0.25, 0.3) is 0 Å². The summed E-state index contributed by atoms with van der Waals surface area (Å²) in [5.41, 5.74) is 0.579. The number of benzene rings is 1. The second-order valence-corrected chi connectivity index (χ2v) is 9.14. The summed E-state index contributed by atoms with van der Waals surface area (Å²) in [6, 6.07) is 6.14. The van der Waals surface area contributed by atoms with E-state index in [0.29, 0.717) is 5.69 Å². The molecule has 1 aromatic carbocycles. The Morgan fingerprint density at radius 3 is 2.27 bits per heavy atom. The monoisotopic (exact) mass is 383 g/mol. The van der Waals surface area contributed by atoms with Crippen LogP contribution in [0, 0.1) is 0 Å². The van der Waals surface area contributed by atoms with Crippen LogP contribution in [0.2, 0.25) is 0 Å². The van der Waals surface area contributed by atoms with Gasteiger partial charge in [0, 0.05) is 31.9 Å². The highest BCUT2D eigenvalue weighted by Gasteiger charge is 2.24. The summed E-state index contributed by atoms with van der Waals surface area (Å²) in [7, 11) is -1.96. The van der Waals surface area contributed by atoms with E-state index in [0.717, 1.165) is 13.1 Å². The molecular formula is C18H29N3O4S. The Bertz CT molecular complexity index is 708. The zero-order chi connectivity index (χ0) is 19.5. The van der Waals surface area contributed by atoms with Gasteiger partial charge in [0.1, 0.15) is 0 Å². The molecule has 26 heavy (non-hydrogen) atoms. The van der Waals surface area contributed by atoms with Gasteiger partial charge in [-0.05, 0) is 52.0 Å². The van der Waals surface area contributed by atoms with Crippen molar-refractivity contribution in [2.75, 3.05) is 32.0 Å². The van der Waals surface area contributed by atoms with Gasteiger partial charge in [-0.1, -0.05) is 0 Å². The number of carbonyl (C=O) groups excluding carboxylic acids is 1. The minimum atomic E-state index is -3.52. The first-order valence-electron chi connectivity index (χ1n) is 8.85. The van der Waals surface area contributed by atoms with E-state index in [1.165, 1.54) is 16.4 Å². The molecule has 0 aliphatic carbocycles. The zero-order valence-electron chi connectivity index (χ0n) is 16.1. The van der Waals surface area contributed by atoms with Crippen LogP contribution in [-0.4, -0.2) is 68.5 Å². The Balaban J connectivity index is 1.97. The number of nitrogens with zero attached hydrogens (tertiary/aromatic N) is 2. The summed E-state index contributed by atoms with van der Waals surface area (Å²) >= 11 is 0. The smallest absolute Gasteiger partial charge is 0.243 e. The fourth-order valence-corrected chi connectivity index (χ4v) is 4.34. The molecule has 7 nitrogen and oxygen atoms in total. The molecule has 1 amide bonds. The topological polar surface area (TPSA) is 79.0 Å². The summed E-state index contributed by atoms with van der Waals surface area (Å²) in [5, 5.41) is 2.82. The molecule has 146 valence electrons. The number of nitrogens with one attached hydrogen (secondary N) is 1. The van der Waals surface area contributed by atoms with Crippen LogP contribution < -0.4 is 5.32 Å². The quantitative estimate of drug-likeness (QED) is 0.810. The Labute approximate surface area is 156 Å². The van der Waals surface area contributed by atoms with Crippen molar-refractivity contribution in [1.82, 2.24) is 9.21 Å². The summed E-state index contributed by atoms with van der Waals surface area (Å²) in [6.07, 6.45) is 0.211. The Morgan fingerprint density at radius 2 is 1.77 bits per heavy atom. The van der Waals surface area contributed by atoms with Crippen molar-refractivity contribution < 1.29 is 17.9 Å². The minimum Gasteiger partial charge on any atom is -0.373 e. The molecule has 1 heterocycles. The van der Waals surface area contributed by atoms with Gasteiger partial charge in [-0.2, -0.15) is 4.31 Å². The number of rotatable bonds is 6. The van der Waals surface area contributed by atoms with Crippen LogP contribution in [0.4, 0.5) is 5.69 Å².